The molecule has 0 aliphatic carbocycles. The Morgan fingerprint density at radius 3 is 2.21 bits per heavy atom. The normalized spacial score (nSPS) is 12.1. The number of likely N-dealkylation sites (N-methyl/N-ethyl adjacent to an activating group) is 1. The van der Waals surface area contributed by atoms with Crippen LogP contribution in [0.3, 0.4) is 0 Å². The van der Waals surface area contributed by atoms with E-state index < -0.39 is 6.04 Å². The molecule has 0 aromatic heterocycles. The highest BCUT2D eigenvalue weighted by atomic mass is 16.2. The summed E-state index contributed by atoms with van der Waals surface area (Å²) in [5, 5.41) is 2.59. The SMILES string of the molecule is CNC(=O)[C@H](C)N(Cc1ccccc1)C(=O)C(C)C. The van der Waals surface area contributed by atoms with Gasteiger partial charge in [-0.25, -0.2) is 0 Å². The van der Waals surface area contributed by atoms with Crippen molar-refractivity contribution in [3.63, 3.8) is 0 Å². The number of nitrogens with one attached hydrogen (secondary N) is 1. The first kappa shape index (κ1) is 15.2. The fourth-order valence-corrected chi connectivity index (χ4v) is 1.87. The number of carbonyl (C=O) groups excluding carboxylic acids is 2. The first-order valence-corrected chi connectivity index (χ1v) is 6.53. The van der Waals surface area contributed by atoms with Crippen LogP contribution in [0.2, 0.25) is 0 Å². The van der Waals surface area contributed by atoms with Crippen LogP contribution in [-0.4, -0.2) is 29.8 Å². The van der Waals surface area contributed by atoms with Gasteiger partial charge in [-0.2, -0.15) is 0 Å². The third kappa shape index (κ3) is 4.09. The van der Waals surface area contributed by atoms with E-state index in [1.165, 1.54) is 0 Å². The number of carbonyl (C=O) groups is 2. The summed E-state index contributed by atoms with van der Waals surface area (Å²) >= 11 is 0. The van der Waals surface area contributed by atoms with E-state index >= 15 is 0 Å². The second kappa shape index (κ2) is 6.92. The smallest absolute Gasteiger partial charge is 0.242 e. The van der Waals surface area contributed by atoms with E-state index in [9.17, 15) is 9.59 Å². The predicted octanol–water partition coefficient (Wildman–Crippen LogP) is 1.81. The Morgan fingerprint density at radius 1 is 1.16 bits per heavy atom. The summed E-state index contributed by atoms with van der Waals surface area (Å²) in [6.07, 6.45) is 0. The van der Waals surface area contributed by atoms with Crippen LogP contribution in [0.15, 0.2) is 30.3 Å². The Hall–Kier alpha value is -1.84. The summed E-state index contributed by atoms with van der Waals surface area (Å²) in [6, 6.07) is 9.23. The summed E-state index contributed by atoms with van der Waals surface area (Å²) in [5.41, 5.74) is 1.02. The molecule has 4 nitrogen and oxygen atoms in total. The van der Waals surface area contributed by atoms with E-state index in [1.54, 1.807) is 18.9 Å². The third-order valence-corrected chi connectivity index (χ3v) is 3.07. The van der Waals surface area contributed by atoms with Gasteiger partial charge in [0.25, 0.3) is 0 Å². The third-order valence-electron chi connectivity index (χ3n) is 3.07. The Morgan fingerprint density at radius 2 is 1.74 bits per heavy atom. The summed E-state index contributed by atoms with van der Waals surface area (Å²) in [5.74, 6) is -0.291. The average Bonchev–Trinajstić information content (AvgIpc) is 2.43. The van der Waals surface area contributed by atoms with Crippen LogP contribution in [-0.2, 0) is 16.1 Å². The van der Waals surface area contributed by atoms with Gasteiger partial charge in [-0.1, -0.05) is 44.2 Å². The number of benzene rings is 1. The van der Waals surface area contributed by atoms with Crippen LogP contribution in [0.5, 0.6) is 0 Å². The molecule has 0 bridgehead atoms. The van der Waals surface area contributed by atoms with Gasteiger partial charge in [0.1, 0.15) is 6.04 Å². The van der Waals surface area contributed by atoms with Gasteiger partial charge < -0.3 is 10.2 Å². The van der Waals surface area contributed by atoms with E-state index in [4.69, 9.17) is 0 Å². The van der Waals surface area contributed by atoms with E-state index in [-0.39, 0.29) is 17.7 Å². The number of hydrogen-bond donors (Lipinski definition) is 1. The number of hydrogen-bond acceptors (Lipinski definition) is 2. The number of nitrogens with zero attached hydrogens (tertiary/aromatic N) is 1. The van der Waals surface area contributed by atoms with Gasteiger partial charge >= 0.3 is 0 Å². The molecule has 1 aromatic rings. The van der Waals surface area contributed by atoms with Gasteiger partial charge in [-0.15, -0.1) is 0 Å². The monoisotopic (exact) mass is 262 g/mol. The molecule has 0 aliphatic rings. The molecule has 1 aromatic carbocycles. The van der Waals surface area contributed by atoms with Crippen molar-refractivity contribution in [2.45, 2.75) is 33.4 Å². The molecule has 0 aliphatic heterocycles. The quantitative estimate of drug-likeness (QED) is 0.879. The molecule has 0 saturated carbocycles. The van der Waals surface area contributed by atoms with E-state index in [0.29, 0.717) is 6.54 Å². The summed E-state index contributed by atoms with van der Waals surface area (Å²) in [4.78, 5) is 25.6. The van der Waals surface area contributed by atoms with Crippen molar-refractivity contribution in [1.82, 2.24) is 10.2 Å². The van der Waals surface area contributed by atoms with Crippen molar-refractivity contribution in [1.29, 1.82) is 0 Å². The maximum atomic E-state index is 12.3. The van der Waals surface area contributed by atoms with Crippen molar-refractivity contribution in [2.24, 2.45) is 5.92 Å². The molecule has 2 amide bonds. The molecule has 0 unspecified atom stereocenters. The molecule has 0 radical (unpaired) electrons. The molecule has 0 spiro atoms. The van der Waals surface area contributed by atoms with Crippen molar-refractivity contribution >= 4 is 11.8 Å². The molecule has 104 valence electrons. The molecule has 19 heavy (non-hydrogen) atoms. The minimum Gasteiger partial charge on any atom is -0.357 e. The Kier molecular flexibility index (Phi) is 5.55. The number of rotatable bonds is 5. The molecule has 1 atom stereocenters. The number of amides is 2. The Labute approximate surface area is 114 Å². The maximum absolute atomic E-state index is 12.3. The van der Waals surface area contributed by atoms with Crippen molar-refractivity contribution in [3.8, 4) is 0 Å². The topological polar surface area (TPSA) is 49.4 Å². The van der Waals surface area contributed by atoms with Crippen LogP contribution in [0, 0.1) is 5.92 Å². The zero-order valence-electron chi connectivity index (χ0n) is 12.0. The lowest BCUT2D eigenvalue weighted by Gasteiger charge is -2.29. The molecule has 0 heterocycles. The molecule has 0 fully saturated rings. The zero-order valence-corrected chi connectivity index (χ0v) is 12.0. The van der Waals surface area contributed by atoms with Gasteiger partial charge in [-0.05, 0) is 12.5 Å². The lowest BCUT2D eigenvalue weighted by molar-refractivity contribution is -0.142. The second-order valence-corrected chi connectivity index (χ2v) is 4.90. The van der Waals surface area contributed by atoms with Crippen LogP contribution < -0.4 is 5.32 Å². The molecular weight excluding hydrogens is 240 g/mol. The van der Waals surface area contributed by atoms with Gasteiger partial charge in [0.15, 0.2) is 0 Å². The molecule has 1 N–H and O–H groups in total. The maximum Gasteiger partial charge on any atom is 0.242 e. The minimum absolute atomic E-state index is 0.0139. The van der Waals surface area contributed by atoms with E-state index in [2.05, 4.69) is 5.32 Å². The second-order valence-electron chi connectivity index (χ2n) is 4.90. The first-order chi connectivity index (χ1) is 8.97. The van der Waals surface area contributed by atoms with E-state index in [1.807, 2.05) is 44.2 Å². The lowest BCUT2D eigenvalue weighted by Crippen LogP contribution is -2.48. The lowest BCUT2D eigenvalue weighted by atomic mass is 10.1. The van der Waals surface area contributed by atoms with E-state index in [0.717, 1.165) is 5.56 Å². The Balaban J connectivity index is 2.93. The van der Waals surface area contributed by atoms with Gasteiger partial charge in [0, 0.05) is 19.5 Å². The highest BCUT2D eigenvalue weighted by molar-refractivity contribution is 5.87. The van der Waals surface area contributed by atoms with Crippen LogP contribution in [0.4, 0.5) is 0 Å². The molecule has 4 heteroatoms. The Bertz CT molecular complexity index is 429. The highest BCUT2D eigenvalue weighted by Gasteiger charge is 2.26. The van der Waals surface area contributed by atoms with Gasteiger partial charge in [0.05, 0.1) is 0 Å². The van der Waals surface area contributed by atoms with Crippen molar-refractivity contribution in [3.05, 3.63) is 35.9 Å². The van der Waals surface area contributed by atoms with Gasteiger partial charge in [0.2, 0.25) is 11.8 Å². The zero-order chi connectivity index (χ0) is 14.4. The minimum atomic E-state index is -0.472. The standard InChI is InChI=1S/C15H22N2O2/c1-11(2)15(19)17(12(3)14(18)16-4)10-13-8-6-5-7-9-13/h5-9,11-12H,10H2,1-4H3,(H,16,18)/t12-/m0/s1. The summed E-state index contributed by atoms with van der Waals surface area (Å²) in [6.45, 7) is 5.89. The van der Waals surface area contributed by atoms with Gasteiger partial charge in [-0.3, -0.25) is 9.59 Å². The van der Waals surface area contributed by atoms with Crippen LogP contribution in [0.25, 0.3) is 0 Å². The van der Waals surface area contributed by atoms with Crippen LogP contribution in [0.1, 0.15) is 26.3 Å². The summed E-state index contributed by atoms with van der Waals surface area (Å²) in [7, 11) is 1.58. The van der Waals surface area contributed by atoms with Crippen molar-refractivity contribution in [2.75, 3.05) is 7.05 Å². The highest BCUT2D eigenvalue weighted by Crippen LogP contribution is 2.12. The largest absolute Gasteiger partial charge is 0.357 e. The van der Waals surface area contributed by atoms with Crippen LogP contribution >= 0.6 is 0 Å². The predicted molar refractivity (Wildman–Crippen MR) is 75.4 cm³/mol. The van der Waals surface area contributed by atoms with Crippen molar-refractivity contribution < 1.29 is 9.59 Å². The fourth-order valence-electron chi connectivity index (χ4n) is 1.87. The first-order valence-electron chi connectivity index (χ1n) is 6.53. The molecule has 0 saturated heterocycles. The fraction of sp³-hybridized carbons (Fsp3) is 0.467. The average molecular weight is 262 g/mol. The molecule has 1 rings (SSSR count). The molecular formula is C15H22N2O2. The summed E-state index contributed by atoms with van der Waals surface area (Å²) < 4.78 is 0.